The van der Waals surface area contributed by atoms with E-state index in [2.05, 4.69) is 68.6 Å². The fourth-order valence-electron chi connectivity index (χ4n) is 5.42. The fraction of sp³-hybridized carbons (Fsp3) is 0.593. The Balaban J connectivity index is 1.47. The van der Waals surface area contributed by atoms with Crippen molar-refractivity contribution in [3.05, 3.63) is 47.7 Å². The van der Waals surface area contributed by atoms with Crippen molar-refractivity contribution in [1.82, 2.24) is 15.1 Å². The first-order chi connectivity index (χ1) is 14.9. The summed E-state index contributed by atoms with van der Waals surface area (Å²) in [7, 11) is 0. The van der Waals surface area contributed by atoms with Gasteiger partial charge in [0.25, 0.3) is 0 Å². The average molecular weight is 422 g/mol. The highest BCUT2D eigenvalue weighted by atomic mass is 16.5. The number of hydrogen-bond donors (Lipinski definition) is 1. The van der Waals surface area contributed by atoms with Crippen LogP contribution in [0.5, 0.6) is 0 Å². The maximum absolute atomic E-state index is 5.94. The lowest BCUT2D eigenvalue weighted by atomic mass is 9.81. The zero-order valence-corrected chi connectivity index (χ0v) is 19.9. The Morgan fingerprint density at radius 2 is 1.87 bits per heavy atom. The molecule has 31 heavy (non-hydrogen) atoms. The van der Waals surface area contributed by atoms with Crippen LogP contribution >= 0.6 is 0 Å². The number of nitrogens with zero attached hydrogens (tertiary/aromatic N) is 2. The van der Waals surface area contributed by atoms with Gasteiger partial charge >= 0.3 is 0 Å². The van der Waals surface area contributed by atoms with Crippen molar-refractivity contribution in [2.75, 3.05) is 13.1 Å². The number of aromatic nitrogens is 2. The number of allylic oxidation sites excluding steroid dienone is 3. The number of hydrogen-bond acceptors (Lipinski definition) is 3. The van der Waals surface area contributed by atoms with Crippen LogP contribution in [0, 0.1) is 0 Å². The molecule has 1 saturated carbocycles. The minimum atomic E-state index is 0.336. The number of benzene rings is 1. The van der Waals surface area contributed by atoms with Gasteiger partial charge in [0.2, 0.25) is 0 Å². The van der Waals surface area contributed by atoms with Gasteiger partial charge in [-0.05, 0) is 81.2 Å². The van der Waals surface area contributed by atoms with E-state index in [0.29, 0.717) is 24.0 Å². The maximum Gasteiger partial charge on any atom is 0.0930 e. The molecule has 2 fully saturated rings. The van der Waals surface area contributed by atoms with Crippen molar-refractivity contribution in [3.8, 4) is 0 Å². The average Bonchev–Trinajstić information content (AvgIpc) is 3.12. The van der Waals surface area contributed by atoms with E-state index in [0.717, 1.165) is 30.2 Å². The predicted octanol–water partition coefficient (Wildman–Crippen LogP) is 6.41. The summed E-state index contributed by atoms with van der Waals surface area (Å²) in [6.45, 7) is 17.3. The van der Waals surface area contributed by atoms with Crippen LogP contribution in [0.1, 0.15) is 89.0 Å². The lowest BCUT2D eigenvalue weighted by Gasteiger charge is -2.46. The van der Waals surface area contributed by atoms with Crippen LogP contribution in [0.15, 0.2) is 30.9 Å². The Labute approximate surface area is 187 Å². The van der Waals surface area contributed by atoms with Crippen LogP contribution in [0.4, 0.5) is 0 Å². The number of likely N-dealkylation sites (tertiary alicyclic amines) is 1. The minimum Gasteiger partial charge on any atom is -0.373 e. The first kappa shape index (κ1) is 22.3. The van der Waals surface area contributed by atoms with E-state index >= 15 is 0 Å². The van der Waals surface area contributed by atoms with Gasteiger partial charge in [0.1, 0.15) is 0 Å². The highest BCUT2D eigenvalue weighted by molar-refractivity contribution is 5.89. The summed E-state index contributed by atoms with van der Waals surface area (Å²) in [6, 6.07) is 5.32. The normalized spacial score (nSPS) is 23.3. The summed E-state index contributed by atoms with van der Waals surface area (Å²) in [5, 5.41) is 9.42. The molecule has 0 spiro atoms. The third-order valence-corrected chi connectivity index (χ3v) is 7.05. The summed E-state index contributed by atoms with van der Waals surface area (Å²) in [5.41, 5.74) is 6.05. The number of nitrogens with one attached hydrogen (secondary N) is 1. The number of fused-ring (bicyclic) bond motifs is 1. The number of H-pyrrole nitrogens is 1. The molecule has 2 aromatic rings. The molecule has 4 nitrogen and oxygen atoms in total. The standard InChI is InChI=1S/C27H39N3O/c1-7-8-19(6)24-14-26-25(13-23(24)17(2)3)27(29-28-26)20-9-11-21(12-10-20)30-15-22(16-30)31-18(4)5/h7-8,13-14,17-18,20-22H,6,9-12,15-16H2,1-5H3,(H,28,29)/b8-7+. The highest BCUT2D eigenvalue weighted by Crippen LogP contribution is 2.39. The van der Waals surface area contributed by atoms with E-state index in [1.165, 1.54) is 47.9 Å². The van der Waals surface area contributed by atoms with Crippen molar-refractivity contribution in [1.29, 1.82) is 0 Å². The third kappa shape index (κ3) is 4.65. The molecule has 0 atom stereocenters. The molecule has 1 aliphatic heterocycles. The molecule has 0 amide bonds. The molecule has 0 unspecified atom stereocenters. The van der Waals surface area contributed by atoms with Crippen LogP contribution < -0.4 is 0 Å². The summed E-state index contributed by atoms with van der Waals surface area (Å²) < 4.78 is 5.94. The Hall–Kier alpha value is -1.91. The zero-order chi connectivity index (χ0) is 22.1. The van der Waals surface area contributed by atoms with Crippen molar-refractivity contribution in [2.24, 2.45) is 0 Å². The van der Waals surface area contributed by atoms with Crippen LogP contribution in [0.25, 0.3) is 16.5 Å². The molecule has 2 heterocycles. The molecular formula is C27H39N3O. The molecule has 0 bridgehead atoms. The molecular weight excluding hydrogens is 382 g/mol. The second-order valence-electron chi connectivity index (χ2n) is 10.0. The Morgan fingerprint density at radius 3 is 2.48 bits per heavy atom. The second-order valence-corrected chi connectivity index (χ2v) is 10.0. The van der Waals surface area contributed by atoms with Gasteiger partial charge in [-0.2, -0.15) is 5.10 Å². The number of rotatable bonds is 7. The van der Waals surface area contributed by atoms with Gasteiger partial charge in [0.05, 0.1) is 17.7 Å². The Kier molecular flexibility index (Phi) is 6.68. The van der Waals surface area contributed by atoms with Crippen molar-refractivity contribution in [3.63, 3.8) is 0 Å². The Bertz CT molecular complexity index is 941. The summed E-state index contributed by atoms with van der Waals surface area (Å²) in [6.07, 6.45) is 9.93. The topological polar surface area (TPSA) is 41.2 Å². The summed E-state index contributed by atoms with van der Waals surface area (Å²) >= 11 is 0. The minimum absolute atomic E-state index is 0.336. The first-order valence-electron chi connectivity index (χ1n) is 12.1. The molecule has 1 aromatic heterocycles. The van der Waals surface area contributed by atoms with Gasteiger partial charge < -0.3 is 4.74 Å². The molecule has 1 aromatic carbocycles. The molecule has 4 heteroatoms. The lowest BCUT2D eigenvalue weighted by Crippen LogP contribution is -2.57. The first-order valence-corrected chi connectivity index (χ1v) is 12.1. The van der Waals surface area contributed by atoms with Crippen molar-refractivity contribution in [2.45, 2.75) is 90.4 Å². The van der Waals surface area contributed by atoms with Gasteiger partial charge in [-0.25, -0.2) is 0 Å². The monoisotopic (exact) mass is 421 g/mol. The summed E-state index contributed by atoms with van der Waals surface area (Å²) in [5.74, 6) is 1.03. The SMILES string of the molecule is C=C(/C=C/C)c1cc2n[nH]c(C3CCC(N4CC(OC(C)C)C4)CC3)c2cc1C(C)C. The quantitative estimate of drug-likeness (QED) is 0.525. The van der Waals surface area contributed by atoms with E-state index in [1.54, 1.807) is 0 Å². The van der Waals surface area contributed by atoms with E-state index in [9.17, 15) is 0 Å². The van der Waals surface area contributed by atoms with E-state index < -0.39 is 0 Å². The highest BCUT2D eigenvalue weighted by Gasteiger charge is 2.36. The predicted molar refractivity (Wildman–Crippen MR) is 131 cm³/mol. The fourth-order valence-corrected chi connectivity index (χ4v) is 5.42. The molecule has 4 rings (SSSR count). The van der Waals surface area contributed by atoms with E-state index in [-0.39, 0.29) is 0 Å². The van der Waals surface area contributed by atoms with Gasteiger partial charge in [0, 0.05) is 36.1 Å². The van der Waals surface area contributed by atoms with Gasteiger partial charge in [-0.3, -0.25) is 10.00 Å². The molecule has 1 N–H and O–H groups in total. The second kappa shape index (κ2) is 9.30. The largest absolute Gasteiger partial charge is 0.373 e. The zero-order valence-electron chi connectivity index (χ0n) is 19.9. The Morgan fingerprint density at radius 1 is 1.16 bits per heavy atom. The van der Waals surface area contributed by atoms with Crippen LogP contribution in [-0.4, -0.2) is 46.4 Å². The molecule has 2 aliphatic rings. The van der Waals surface area contributed by atoms with Gasteiger partial charge in [-0.15, -0.1) is 0 Å². The third-order valence-electron chi connectivity index (χ3n) is 7.05. The van der Waals surface area contributed by atoms with Crippen LogP contribution in [0.2, 0.25) is 0 Å². The smallest absolute Gasteiger partial charge is 0.0930 e. The van der Waals surface area contributed by atoms with Gasteiger partial charge in [-0.1, -0.05) is 32.6 Å². The lowest BCUT2D eigenvalue weighted by molar-refractivity contribution is -0.0993. The maximum atomic E-state index is 5.94. The number of ether oxygens (including phenoxy) is 1. The number of aromatic amines is 1. The van der Waals surface area contributed by atoms with E-state index in [4.69, 9.17) is 9.84 Å². The molecule has 1 aliphatic carbocycles. The van der Waals surface area contributed by atoms with Crippen molar-refractivity contribution < 1.29 is 4.74 Å². The van der Waals surface area contributed by atoms with Crippen LogP contribution in [0.3, 0.4) is 0 Å². The van der Waals surface area contributed by atoms with Crippen molar-refractivity contribution >= 4 is 16.5 Å². The summed E-state index contributed by atoms with van der Waals surface area (Å²) in [4.78, 5) is 2.63. The molecule has 168 valence electrons. The van der Waals surface area contributed by atoms with Gasteiger partial charge in [0.15, 0.2) is 0 Å². The van der Waals surface area contributed by atoms with E-state index in [1.807, 2.05) is 6.92 Å². The molecule has 1 saturated heterocycles. The molecule has 0 radical (unpaired) electrons. The van der Waals surface area contributed by atoms with Crippen LogP contribution in [-0.2, 0) is 4.74 Å².